The van der Waals surface area contributed by atoms with Gasteiger partial charge in [-0.15, -0.1) is 11.3 Å². The van der Waals surface area contributed by atoms with E-state index in [0.29, 0.717) is 17.5 Å². The lowest BCUT2D eigenvalue weighted by atomic mass is 9.98. The van der Waals surface area contributed by atoms with E-state index in [1.165, 1.54) is 63.9 Å². The number of hydrogen-bond acceptors (Lipinski definition) is 4. The first-order valence-electron chi connectivity index (χ1n) is 25.4. The first-order chi connectivity index (χ1) is 37.2. The first-order valence-corrected chi connectivity index (χ1v) is 26.2. The number of benzene rings is 11. The van der Waals surface area contributed by atoms with Crippen molar-refractivity contribution in [3.63, 3.8) is 0 Å². The molecule has 11 aromatic carbocycles. The molecule has 0 aliphatic carbocycles. The third-order valence-electron chi connectivity index (χ3n) is 14.8. The van der Waals surface area contributed by atoms with Gasteiger partial charge in [-0.05, 0) is 69.8 Å². The van der Waals surface area contributed by atoms with Gasteiger partial charge in [-0.3, -0.25) is 0 Å². The minimum absolute atomic E-state index is 0.592. The second-order valence-corrected chi connectivity index (χ2v) is 20.1. The van der Waals surface area contributed by atoms with Crippen LogP contribution >= 0.6 is 11.3 Å². The fourth-order valence-corrected chi connectivity index (χ4v) is 12.8. The standard InChI is InChI=1S/C69H43N5S/c1-4-21-44(22-5-1)47-27-20-28-48(43-47)73-60-36-17-14-31-51(60)53-39-41-55-56-42-40-54-52-32-15-18-37-61(52)74(64(54)66(56)75-65(55)63(53)73)62-38-19-16-35-59(62)69-71-67(57-33-12-10-29-49(57)45-23-6-2-7-24-45)70-68(72-69)58-34-13-11-30-50(58)46-25-8-3-9-26-46/h1-43H. The highest BCUT2D eigenvalue weighted by Crippen LogP contribution is 2.48. The van der Waals surface area contributed by atoms with E-state index in [1.807, 2.05) is 11.3 Å². The molecule has 75 heavy (non-hydrogen) atoms. The molecule has 0 unspecified atom stereocenters. The smallest absolute Gasteiger partial charge is 0.166 e. The zero-order chi connectivity index (χ0) is 49.4. The van der Waals surface area contributed by atoms with Crippen LogP contribution in [0.25, 0.3) is 143 Å². The van der Waals surface area contributed by atoms with Gasteiger partial charge in [0.25, 0.3) is 0 Å². The lowest BCUT2D eigenvalue weighted by Gasteiger charge is -2.16. The predicted molar refractivity (Wildman–Crippen MR) is 314 cm³/mol. The Labute approximate surface area is 436 Å². The first kappa shape index (κ1) is 42.9. The highest BCUT2D eigenvalue weighted by molar-refractivity contribution is 7.27. The van der Waals surface area contributed by atoms with Crippen molar-refractivity contribution in [2.24, 2.45) is 0 Å². The Kier molecular flexibility index (Phi) is 10.00. The van der Waals surface area contributed by atoms with Crippen LogP contribution in [-0.4, -0.2) is 24.1 Å². The molecule has 6 heteroatoms. The molecule has 0 N–H and O–H groups in total. The van der Waals surface area contributed by atoms with Crippen molar-refractivity contribution < 1.29 is 0 Å². The number of hydrogen-bond donors (Lipinski definition) is 0. The van der Waals surface area contributed by atoms with Gasteiger partial charge < -0.3 is 9.13 Å². The summed E-state index contributed by atoms with van der Waals surface area (Å²) in [7, 11) is 0. The third kappa shape index (κ3) is 6.95. The Morgan fingerprint density at radius 3 is 1.23 bits per heavy atom. The Hall–Kier alpha value is -9.75. The lowest BCUT2D eigenvalue weighted by molar-refractivity contribution is 1.07. The molecule has 15 rings (SSSR count). The fourth-order valence-electron chi connectivity index (χ4n) is 11.5. The molecule has 0 saturated carbocycles. The normalized spacial score (nSPS) is 11.7. The number of para-hydroxylation sites is 3. The molecule has 0 aliphatic heterocycles. The van der Waals surface area contributed by atoms with Gasteiger partial charge in [-0.1, -0.05) is 224 Å². The maximum atomic E-state index is 5.50. The maximum absolute atomic E-state index is 5.50. The Morgan fingerprint density at radius 2 is 0.667 bits per heavy atom. The van der Waals surface area contributed by atoms with E-state index >= 15 is 0 Å². The Balaban J connectivity index is 0.999. The molecule has 0 spiro atoms. The maximum Gasteiger partial charge on any atom is 0.166 e. The van der Waals surface area contributed by atoms with Gasteiger partial charge in [0.1, 0.15) is 0 Å². The molecule has 5 nitrogen and oxygen atoms in total. The molecule has 350 valence electrons. The van der Waals surface area contributed by atoms with Crippen LogP contribution in [0.4, 0.5) is 0 Å². The van der Waals surface area contributed by atoms with Crippen LogP contribution in [0.15, 0.2) is 261 Å². The molecular formula is C69H43N5S. The highest BCUT2D eigenvalue weighted by Gasteiger charge is 2.25. The van der Waals surface area contributed by atoms with Crippen LogP contribution in [0.5, 0.6) is 0 Å². The molecule has 0 radical (unpaired) electrons. The monoisotopic (exact) mass is 973 g/mol. The SMILES string of the molecule is c1ccc(-c2cccc(-n3c4ccccc4c4ccc5c6ccc7c8ccccc8n(-c8ccccc8-c8nc(-c9ccccc9-c9ccccc9)nc(-c9ccccc9-c9ccccc9)n8)c7c6sc5c43)c2)cc1. The molecule has 0 fully saturated rings. The van der Waals surface area contributed by atoms with Crippen molar-refractivity contribution in [3.05, 3.63) is 261 Å². The van der Waals surface area contributed by atoms with Crippen LogP contribution in [0.1, 0.15) is 0 Å². The minimum atomic E-state index is 0.592. The summed E-state index contributed by atoms with van der Waals surface area (Å²) in [6.07, 6.45) is 0. The number of rotatable bonds is 8. The molecule has 4 heterocycles. The van der Waals surface area contributed by atoms with Crippen molar-refractivity contribution >= 4 is 75.1 Å². The summed E-state index contributed by atoms with van der Waals surface area (Å²) < 4.78 is 7.43. The molecule has 0 atom stereocenters. The number of nitrogens with zero attached hydrogens (tertiary/aromatic N) is 5. The van der Waals surface area contributed by atoms with Gasteiger partial charge in [0.15, 0.2) is 17.5 Å². The van der Waals surface area contributed by atoms with E-state index < -0.39 is 0 Å². The van der Waals surface area contributed by atoms with Crippen molar-refractivity contribution in [2.45, 2.75) is 0 Å². The summed E-state index contributed by atoms with van der Waals surface area (Å²) in [5.74, 6) is 1.81. The average molecular weight is 974 g/mol. The fraction of sp³-hybridized carbons (Fsp3) is 0. The molecule has 15 aromatic rings. The number of thiophene rings is 1. The van der Waals surface area contributed by atoms with Crippen molar-refractivity contribution in [3.8, 4) is 78.9 Å². The highest BCUT2D eigenvalue weighted by atomic mass is 32.1. The molecular weight excluding hydrogens is 931 g/mol. The van der Waals surface area contributed by atoms with E-state index in [0.717, 1.165) is 61.4 Å². The number of aromatic nitrogens is 5. The van der Waals surface area contributed by atoms with Crippen LogP contribution < -0.4 is 0 Å². The molecule has 0 amide bonds. The van der Waals surface area contributed by atoms with Gasteiger partial charge in [0.2, 0.25) is 0 Å². The third-order valence-corrected chi connectivity index (χ3v) is 16.0. The van der Waals surface area contributed by atoms with E-state index in [9.17, 15) is 0 Å². The van der Waals surface area contributed by atoms with Gasteiger partial charge in [0.05, 0.1) is 37.2 Å². The second-order valence-electron chi connectivity index (χ2n) is 19.0. The topological polar surface area (TPSA) is 48.5 Å². The summed E-state index contributed by atoms with van der Waals surface area (Å²) in [6, 6.07) is 93.1. The van der Waals surface area contributed by atoms with E-state index in [2.05, 4.69) is 270 Å². The quantitative estimate of drug-likeness (QED) is 0.152. The lowest BCUT2D eigenvalue weighted by Crippen LogP contribution is -2.04. The summed E-state index contributed by atoms with van der Waals surface area (Å²) in [5, 5.41) is 7.31. The molecule has 0 aliphatic rings. The van der Waals surface area contributed by atoms with Crippen LogP contribution in [-0.2, 0) is 0 Å². The summed E-state index contributed by atoms with van der Waals surface area (Å²) in [5.41, 5.74) is 16.2. The van der Waals surface area contributed by atoms with Crippen molar-refractivity contribution in [1.29, 1.82) is 0 Å². The zero-order valence-electron chi connectivity index (χ0n) is 40.5. The molecule has 4 aromatic heterocycles. The van der Waals surface area contributed by atoms with Crippen LogP contribution in [0.3, 0.4) is 0 Å². The van der Waals surface area contributed by atoms with Crippen molar-refractivity contribution in [2.75, 3.05) is 0 Å². The summed E-state index contributed by atoms with van der Waals surface area (Å²) in [4.78, 5) is 16.4. The van der Waals surface area contributed by atoms with E-state index in [4.69, 9.17) is 15.0 Å². The van der Waals surface area contributed by atoms with E-state index in [1.54, 1.807) is 0 Å². The Bertz CT molecular complexity index is 4600. The van der Waals surface area contributed by atoms with Crippen LogP contribution in [0, 0.1) is 0 Å². The molecule has 0 bridgehead atoms. The largest absolute Gasteiger partial charge is 0.308 e. The van der Waals surface area contributed by atoms with Gasteiger partial charge in [-0.2, -0.15) is 0 Å². The van der Waals surface area contributed by atoms with Gasteiger partial charge in [0, 0.05) is 54.7 Å². The van der Waals surface area contributed by atoms with Gasteiger partial charge >= 0.3 is 0 Å². The van der Waals surface area contributed by atoms with Crippen LogP contribution in [0.2, 0.25) is 0 Å². The predicted octanol–water partition coefficient (Wildman–Crippen LogP) is 18.4. The van der Waals surface area contributed by atoms with Gasteiger partial charge in [-0.25, -0.2) is 15.0 Å². The molecule has 0 saturated heterocycles. The summed E-state index contributed by atoms with van der Waals surface area (Å²) in [6.45, 7) is 0. The second kappa shape index (κ2) is 17.5. The van der Waals surface area contributed by atoms with Crippen molar-refractivity contribution in [1.82, 2.24) is 24.1 Å². The zero-order valence-corrected chi connectivity index (χ0v) is 41.3. The summed E-state index contributed by atoms with van der Waals surface area (Å²) >= 11 is 1.89. The Morgan fingerprint density at radius 1 is 0.267 bits per heavy atom. The number of fused-ring (bicyclic) bond motifs is 11. The minimum Gasteiger partial charge on any atom is -0.308 e. The average Bonchev–Trinajstić information content (AvgIpc) is 4.24. The van der Waals surface area contributed by atoms with E-state index in [-0.39, 0.29) is 0 Å².